The summed E-state index contributed by atoms with van der Waals surface area (Å²) < 4.78 is 34.7. The number of cyclic esters (lactones) is 1. The highest BCUT2D eigenvalue weighted by atomic mass is 32.2. The van der Waals surface area contributed by atoms with Crippen molar-refractivity contribution >= 4 is 35.1 Å². The molecule has 152 valence electrons. The maximum Gasteiger partial charge on any atom is 0.414 e. The van der Waals surface area contributed by atoms with E-state index in [4.69, 9.17) is 4.74 Å². The van der Waals surface area contributed by atoms with Gasteiger partial charge in [0.15, 0.2) is 11.6 Å². The maximum atomic E-state index is 14.7. The molecule has 0 spiro atoms. The van der Waals surface area contributed by atoms with Crippen LogP contribution in [0.15, 0.2) is 12.1 Å². The van der Waals surface area contributed by atoms with Crippen LogP contribution < -0.4 is 15.1 Å². The van der Waals surface area contributed by atoms with Crippen LogP contribution >= 0.6 is 11.8 Å². The Morgan fingerprint density at radius 2 is 1.96 bits per heavy atom. The third-order valence-corrected chi connectivity index (χ3v) is 6.23. The number of carbonyl (C=O) groups is 2. The van der Waals surface area contributed by atoms with Gasteiger partial charge in [0.2, 0.25) is 5.91 Å². The van der Waals surface area contributed by atoms with Crippen molar-refractivity contribution < 1.29 is 23.1 Å². The zero-order valence-corrected chi connectivity index (χ0v) is 16.3. The number of carbonyl (C=O) groups excluding carboxylic acids is 2. The number of nitrogens with one attached hydrogen (secondary N) is 1. The standard InChI is InChI=1S/C19H23F2N3O3S/c20-15-8-13(9-16(21)17(15)23-4-1-6-28-7-5-23)24-11-14(27-19(24)26)10-22-18(25)12-2-3-12/h8-9,12,14H,1-7,10-11H2,(H,22,25). The second-order valence-corrected chi connectivity index (χ2v) is 8.57. The van der Waals surface area contributed by atoms with E-state index in [1.165, 1.54) is 17.0 Å². The summed E-state index contributed by atoms with van der Waals surface area (Å²) in [6.45, 7) is 1.54. The Morgan fingerprint density at radius 1 is 1.21 bits per heavy atom. The molecule has 28 heavy (non-hydrogen) atoms. The number of amides is 2. The summed E-state index contributed by atoms with van der Waals surface area (Å²) >= 11 is 1.78. The molecule has 1 N–H and O–H groups in total. The number of halogens is 2. The molecule has 1 aromatic carbocycles. The van der Waals surface area contributed by atoms with Crippen molar-refractivity contribution in [1.29, 1.82) is 0 Å². The molecule has 1 aromatic rings. The zero-order valence-electron chi connectivity index (χ0n) is 15.5. The average Bonchev–Trinajstić information content (AvgIpc) is 3.46. The molecule has 1 saturated carbocycles. The first kappa shape index (κ1) is 19.3. The molecule has 4 rings (SSSR count). The van der Waals surface area contributed by atoms with Crippen molar-refractivity contribution in [3.05, 3.63) is 23.8 Å². The Labute approximate surface area is 166 Å². The van der Waals surface area contributed by atoms with Gasteiger partial charge in [0.1, 0.15) is 11.8 Å². The Balaban J connectivity index is 1.44. The lowest BCUT2D eigenvalue weighted by Gasteiger charge is -2.24. The lowest BCUT2D eigenvalue weighted by molar-refractivity contribution is -0.122. The predicted octanol–water partition coefficient (Wildman–Crippen LogP) is 2.76. The number of nitrogens with zero attached hydrogens (tertiary/aromatic N) is 2. The molecule has 0 radical (unpaired) electrons. The number of hydrogen-bond donors (Lipinski definition) is 1. The van der Waals surface area contributed by atoms with E-state index < -0.39 is 23.8 Å². The molecular weight excluding hydrogens is 388 g/mol. The highest BCUT2D eigenvalue weighted by molar-refractivity contribution is 7.99. The molecule has 6 nitrogen and oxygen atoms in total. The second kappa shape index (κ2) is 8.14. The van der Waals surface area contributed by atoms with Gasteiger partial charge in [-0.05, 0) is 25.0 Å². The van der Waals surface area contributed by atoms with Gasteiger partial charge in [-0.15, -0.1) is 0 Å². The molecule has 1 atom stereocenters. The summed E-state index contributed by atoms with van der Waals surface area (Å²) in [7, 11) is 0. The Hall–Kier alpha value is -2.03. The Morgan fingerprint density at radius 3 is 2.68 bits per heavy atom. The van der Waals surface area contributed by atoms with E-state index in [9.17, 15) is 18.4 Å². The smallest absolute Gasteiger partial charge is 0.414 e. The highest BCUT2D eigenvalue weighted by Gasteiger charge is 2.35. The average molecular weight is 411 g/mol. The molecule has 1 aliphatic carbocycles. The molecule has 9 heteroatoms. The number of hydrogen-bond acceptors (Lipinski definition) is 5. The van der Waals surface area contributed by atoms with Crippen LogP contribution in [0.5, 0.6) is 0 Å². The predicted molar refractivity (Wildman–Crippen MR) is 104 cm³/mol. The molecule has 2 saturated heterocycles. The number of anilines is 2. The van der Waals surface area contributed by atoms with Gasteiger partial charge in [-0.1, -0.05) is 0 Å². The monoisotopic (exact) mass is 411 g/mol. The molecule has 0 aromatic heterocycles. The largest absolute Gasteiger partial charge is 0.442 e. The number of thioether (sulfide) groups is 1. The third kappa shape index (κ3) is 4.19. The maximum absolute atomic E-state index is 14.7. The summed E-state index contributed by atoms with van der Waals surface area (Å²) in [5.41, 5.74) is 0.0935. The quantitative estimate of drug-likeness (QED) is 0.807. The van der Waals surface area contributed by atoms with Gasteiger partial charge < -0.3 is 15.0 Å². The fraction of sp³-hybridized carbons (Fsp3) is 0.579. The van der Waals surface area contributed by atoms with Crippen LogP contribution in [-0.4, -0.2) is 55.8 Å². The highest BCUT2D eigenvalue weighted by Crippen LogP contribution is 2.32. The van der Waals surface area contributed by atoms with Crippen molar-refractivity contribution in [3.63, 3.8) is 0 Å². The van der Waals surface area contributed by atoms with Crippen LogP contribution in [0, 0.1) is 17.6 Å². The van der Waals surface area contributed by atoms with Crippen molar-refractivity contribution in [3.8, 4) is 0 Å². The van der Waals surface area contributed by atoms with Gasteiger partial charge in [0.05, 0.1) is 18.8 Å². The van der Waals surface area contributed by atoms with E-state index in [0.717, 1.165) is 30.8 Å². The van der Waals surface area contributed by atoms with Crippen molar-refractivity contribution in [2.45, 2.75) is 25.4 Å². The van der Waals surface area contributed by atoms with Gasteiger partial charge in [0.25, 0.3) is 0 Å². The molecule has 3 aliphatic rings. The SMILES string of the molecule is O=C(NCC1CN(c2cc(F)c(N3CCCSCC3)c(F)c2)C(=O)O1)C1CC1. The first-order chi connectivity index (χ1) is 13.5. The summed E-state index contributed by atoms with van der Waals surface area (Å²) in [6.07, 6.45) is 1.45. The summed E-state index contributed by atoms with van der Waals surface area (Å²) in [4.78, 5) is 26.8. The van der Waals surface area contributed by atoms with Gasteiger partial charge >= 0.3 is 6.09 Å². The first-order valence-corrected chi connectivity index (χ1v) is 10.8. The fourth-order valence-electron chi connectivity index (χ4n) is 3.52. The van der Waals surface area contributed by atoms with E-state index in [-0.39, 0.29) is 36.3 Å². The zero-order chi connectivity index (χ0) is 19.7. The van der Waals surface area contributed by atoms with Crippen LogP contribution in [0.1, 0.15) is 19.3 Å². The van der Waals surface area contributed by atoms with E-state index in [1.807, 2.05) is 0 Å². The van der Waals surface area contributed by atoms with E-state index in [1.54, 1.807) is 16.7 Å². The molecule has 2 aliphatic heterocycles. The number of benzene rings is 1. The normalized spacial score (nSPS) is 22.8. The number of rotatable bonds is 5. The minimum atomic E-state index is -0.680. The first-order valence-electron chi connectivity index (χ1n) is 9.60. The molecule has 1 unspecified atom stereocenters. The van der Waals surface area contributed by atoms with Crippen molar-refractivity contribution in [1.82, 2.24) is 5.32 Å². The van der Waals surface area contributed by atoms with Crippen LogP contribution in [-0.2, 0) is 9.53 Å². The van der Waals surface area contributed by atoms with Crippen molar-refractivity contribution in [2.24, 2.45) is 5.92 Å². The van der Waals surface area contributed by atoms with E-state index in [2.05, 4.69) is 5.32 Å². The minimum Gasteiger partial charge on any atom is -0.442 e. The van der Waals surface area contributed by atoms with Crippen LogP contribution in [0.3, 0.4) is 0 Å². The van der Waals surface area contributed by atoms with Gasteiger partial charge in [-0.25, -0.2) is 13.6 Å². The van der Waals surface area contributed by atoms with Crippen LogP contribution in [0.25, 0.3) is 0 Å². The van der Waals surface area contributed by atoms with Crippen LogP contribution in [0.2, 0.25) is 0 Å². The summed E-state index contributed by atoms with van der Waals surface area (Å²) in [5.74, 6) is 0.483. The number of ether oxygens (including phenoxy) is 1. The molecule has 2 amide bonds. The van der Waals surface area contributed by atoms with Gasteiger partial charge in [-0.3, -0.25) is 9.69 Å². The lowest BCUT2D eigenvalue weighted by Crippen LogP contribution is -2.35. The van der Waals surface area contributed by atoms with Crippen LogP contribution in [0.4, 0.5) is 25.0 Å². The summed E-state index contributed by atoms with van der Waals surface area (Å²) in [5, 5.41) is 2.76. The third-order valence-electron chi connectivity index (χ3n) is 5.18. The van der Waals surface area contributed by atoms with Gasteiger partial charge in [0, 0.05) is 36.9 Å². The molecule has 2 heterocycles. The van der Waals surface area contributed by atoms with E-state index >= 15 is 0 Å². The topological polar surface area (TPSA) is 61.9 Å². The van der Waals surface area contributed by atoms with Gasteiger partial charge in [-0.2, -0.15) is 11.8 Å². The second-order valence-electron chi connectivity index (χ2n) is 7.35. The van der Waals surface area contributed by atoms with Crippen molar-refractivity contribution in [2.75, 3.05) is 47.5 Å². The fourth-order valence-corrected chi connectivity index (χ4v) is 4.41. The van der Waals surface area contributed by atoms with E-state index in [0.29, 0.717) is 13.1 Å². The molecule has 0 bridgehead atoms. The summed E-state index contributed by atoms with van der Waals surface area (Å²) in [6, 6.07) is 2.37. The Kier molecular flexibility index (Phi) is 5.61. The molecule has 3 fully saturated rings. The molecular formula is C19H23F2N3O3S. The Bertz CT molecular complexity index is 744. The minimum absolute atomic E-state index is 0.0351. The lowest BCUT2D eigenvalue weighted by atomic mass is 10.2.